The molecule has 0 atom stereocenters. The van der Waals surface area contributed by atoms with E-state index in [0.29, 0.717) is 19.0 Å². The molecule has 5 rings (SSSR count). The van der Waals surface area contributed by atoms with Crippen LogP contribution in [0, 0.1) is 6.92 Å². The number of pyridine rings is 1. The van der Waals surface area contributed by atoms with Gasteiger partial charge in [0.25, 0.3) is 0 Å². The van der Waals surface area contributed by atoms with Gasteiger partial charge in [-0.15, -0.1) is 0 Å². The molecule has 0 radical (unpaired) electrons. The van der Waals surface area contributed by atoms with Crippen LogP contribution < -0.4 is 10.3 Å². The average Bonchev–Trinajstić information content (AvgIpc) is 3.23. The minimum Gasteiger partial charge on any atom is -0.378 e. The number of benzene rings is 1. The Morgan fingerprint density at radius 3 is 2.67 bits per heavy atom. The second-order valence-electron chi connectivity index (χ2n) is 7.83. The summed E-state index contributed by atoms with van der Waals surface area (Å²) >= 11 is 0. The first kappa shape index (κ1) is 21.0. The van der Waals surface area contributed by atoms with Crippen molar-refractivity contribution >= 4 is 28.9 Å². The number of aromatic nitrogens is 5. The Hall–Kier alpha value is -3.85. The van der Waals surface area contributed by atoms with E-state index in [-0.39, 0.29) is 0 Å². The van der Waals surface area contributed by atoms with E-state index >= 15 is 0 Å². The zero-order valence-corrected chi connectivity index (χ0v) is 18.8. The number of morpholine rings is 1. The molecule has 4 aromatic rings. The summed E-state index contributed by atoms with van der Waals surface area (Å²) < 4.78 is 7.67. The molecule has 0 bridgehead atoms. The van der Waals surface area contributed by atoms with Crippen LogP contribution in [0.2, 0.25) is 0 Å². The van der Waals surface area contributed by atoms with Gasteiger partial charge in [-0.25, -0.2) is 15.0 Å². The summed E-state index contributed by atoms with van der Waals surface area (Å²) in [7, 11) is 0. The van der Waals surface area contributed by atoms with Gasteiger partial charge in [0.05, 0.1) is 25.1 Å². The quantitative estimate of drug-likeness (QED) is 0.361. The predicted molar refractivity (Wildman–Crippen MR) is 130 cm³/mol. The number of nitrogens with zero attached hydrogens (tertiary/aromatic N) is 7. The fourth-order valence-electron chi connectivity index (χ4n) is 3.96. The molecule has 1 N–H and O–H groups in total. The molecule has 4 heterocycles. The Kier molecular flexibility index (Phi) is 5.95. The molecule has 0 spiro atoms. The van der Waals surface area contributed by atoms with E-state index in [4.69, 9.17) is 19.7 Å². The van der Waals surface area contributed by atoms with Crippen molar-refractivity contribution in [2.45, 2.75) is 20.4 Å². The highest BCUT2D eigenvalue weighted by Gasteiger charge is 2.22. The molecule has 1 aromatic carbocycles. The Labute approximate surface area is 192 Å². The van der Waals surface area contributed by atoms with Gasteiger partial charge in [0.1, 0.15) is 5.82 Å². The average molecular weight is 443 g/mol. The van der Waals surface area contributed by atoms with Crippen LogP contribution in [-0.4, -0.2) is 57.0 Å². The molecular weight excluding hydrogens is 416 g/mol. The summed E-state index contributed by atoms with van der Waals surface area (Å²) in [5.41, 5.74) is 7.72. The van der Waals surface area contributed by atoms with Crippen LogP contribution in [0.5, 0.6) is 0 Å². The molecule has 1 fully saturated rings. The number of imidazole rings is 1. The van der Waals surface area contributed by atoms with Crippen LogP contribution in [-0.2, 0) is 11.3 Å². The number of hydrogen-bond donors (Lipinski definition) is 1. The number of rotatable bonds is 6. The lowest BCUT2D eigenvalue weighted by molar-refractivity contribution is 0.122. The third-order valence-electron chi connectivity index (χ3n) is 5.55. The van der Waals surface area contributed by atoms with E-state index < -0.39 is 0 Å². The van der Waals surface area contributed by atoms with Gasteiger partial charge in [-0.2, -0.15) is 5.10 Å². The van der Waals surface area contributed by atoms with E-state index in [0.717, 1.165) is 59.3 Å². The van der Waals surface area contributed by atoms with E-state index in [9.17, 15) is 0 Å². The van der Waals surface area contributed by atoms with Crippen molar-refractivity contribution in [1.82, 2.24) is 24.5 Å². The maximum absolute atomic E-state index is 5.55. The molecule has 9 nitrogen and oxygen atoms in total. The van der Waals surface area contributed by atoms with Crippen molar-refractivity contribution in [3.63, 3.8) is 0 Å². The van der Waals surface area contributed by atoms with Crippen molar-refractivity contribution < 1.29 is 4.74 Å². The number of ether oxygens (including phenoxy) is 1. The van der Waals surface area contributed by atoms with Crippen LogP contribution >= 0.6 is 0 Å². The summed E-state index contributed by atoms with van der Waals surface area (Å²) in [6.07, 6.45) is 5.21. The van der Waals surface area contributed by atoms with Gasteiger partial charge in [0.2, 0.25) is 0 Å². The standard InChI is InChI=1S/C24H26N8O/c1-3-32-22(18-7-9-25-10-8-18)29-21-23(31-11-13-33-14-12-31)27-20(28-24(21)32)16-26-30-19-6-4-5-17(2)15-19/h4-10,15-16,30H,3,11-14H2,1-2H3/b26-16+. The van der Waals surface area contributed by atoms with Gasteiger partial charge >= 0.3 is 0 Å². The third kappa shape index (κ3) is 4.40. The minimum atomic E-state index is 0.528. The van der Waals surface area contributed by atoms with E-state index in [2.05, 4.69) is 31.9 Å². The van der Waals surface area contributed by atoms with E-state index in [1.165, 1.54) is 0 Å². The van der Waals surface area contributed by atoms with Gasteiger partial charge in [0, 0.05) is 37.6 Å². The Morgan fingerprint density at radius 2 is 1.91 bits per heavy atom. The number of nitrogens with one attached hydrogen (secondary N) is 1. The maximum Gasteiger partial charge on any atom is 0.176 e. The highest BCUT2D eigenvalue weighted by molar-refractivity contribution is 5.90. The van der Waals surface area contributed by atoms with Gasteiger partial charge in [-0.3, -0.25) is 10.4 Å². The van der Waals surface area contributed by atoms with Crippen molar-refractivity contribution in [1.29, 1.82) is 0 Å². The van der Waals surface area contributed by atoms with Crippen molar-refractivity contribution in [3.8, 4) is 11.4 Å². The molecule has 1 aliphatic heterocycles. The van der Waals surface area contributed by atoms with E-state index in [1.807, 2.05) is 43.3 Å². The molecule has 168 valence electrons. The second kappa shape index (κ2) is 9.33. The first-order valence-electron chi connectivity index (χ1n) is 11.1. The first-order chi connectivity index (χ1) is 16.2. The number of aryl methyl sites for hydroxylation is 2. The van der Waals surface area contributed by atoms with Gasteiger partial charge < -0.3 is 14.2 Å². The minimum absolute atomic E-state index is 0.528. The predicted octanol–water partition coefficient (Wildman–Crippen LogP) is 3.50. The SMILES string of the molecule is CCn1c(-c2ccncc2)nc2c(N3CCOCC3)nc(/C=N/Nc3cccc(C)c3)nc21. The Bertz CT molecular complexity index is 1280. The molecule has 3 aromatic heterocycles. The highest BCUT2D eigenvalue weighted by Crippen LogP contribution is 2.29. The molecule has 9 heteroatoms. The number of anilines is 2. The molecule has 0 aliphatic carbocycles. The second-order valence-corrected chi connectivity index (χ2v) is 7.83. The summed E-state index contributed by atoms with van der Waals surface area (Å²) in [6.45, 7) is 7.71. The summed E-state index contributed by atoms with van der Waals surface area (Å²) in [4.78, 5) is 21.0. The summed E-state index contributed by atoms with van der Waals surface area (Å²) in [5.74, 6) is 2.19. The monoisotopic (exact) mass is 442 g/mol. The fourth-order valence-corrected chi connectivity index (χ4v) is 3.96. The van der Waals surface area contributed by atoms with Crippen molar-refractivity contribution in [2.75, 3.05) is 36.6 Å². The molecule has 0 saturated carbocycles. The van der Waals surface area contributed by atoms with E-state index in [1.54, 1.807) is 18.6 Å². The zero-order chi connectivity index (χ0) is 22.6. The highest BCUT2D eigenvalue weighted by atomic mass is 16.5. The third-order valence-corrected chi connectivity index (χ3v) is 5.55. The Morgan fingerprint density at radius 1 is 1.09 bits per heavy atom. The topological polar surface area (TPSA) is 93.4 Å². The smallest absolute Gasteiger partial charge is 0.176 e. The number of hydrogen-bond acceptors (Lipinski definition) is 8. The lowest BCUT2D eigenvalue weighted by Crippen LogP contribution is -2.37. The molecule has 0 amide bonds. The number of fused-ring (bicyclic) bond motifs is 1. The van der Waals surface area contributed by atoms with Crippen LogP contribution in [0.25, 0.3) is 22.6 Å². The van der Waals surface area contributed by atoms with Crippen LogP contribution in [0.4, 0.5) is 11.5 Å². The lowest BCUT2D eigenvalue weighted by Gasteiger charge is -2.27. The summed E-state index contributed by atoms with van der Waals surface area (Å²) in [6, 6.07) is 12.0. The van der Waals surface area contributed by atoms with Crippen LogP contribution in [0.1, 0.15) is 18.3 Å². The van der Waals surface area contributed by atoms with Gasteiger partial charge in [0.15, 0.2) is 22.8 Å². The Balaban J connectivity index is 1.58. The summed E-state index contributed by atoms with van der Waals surface area (Å²) in [5, 5.41) is 4.39. The maximum atomic E-state index is 5.55. The van der Waals surface area contributed by atoms with Crippen LogP contribution in [0.15, 0.2) is 53.9 Å². The normalized spacial score (nSPS) is 14.3. The largest absolute Gasteiger partial charge is 0.378 e. The molecule has 33 heavy (non-hydrogen) atoms. The lowest BCUT2D eigenvalue weighted by atomic mass is 10.2. The zero-order valence-electron chi connectivity index (χ0n) is 18.8. The van der Waals surface area contributed by atoms with Crippen molar-refractivity contribution in [2.24, 2.45) is 5.10 Å². The first-order valence-corrected chi connectivity index (χ1v) is 11.1. The van der Waals surface area contributed by atoms with Gasteiger partial charge in [-0.05, 0) is 43.7 Å². The molecule has 1 saturated heterocycles. The van der Waals surface area contributed by atoms with Crippen molar-refractivity contribution in [3.05, 3.63) is 60.2 Å². The molecular formula is C24H26N8O. The fraction of sp³-hybridized carbons (Fsp3) is 0.292. The molecule has 0 unspecified atom stereocenters. The molecule has 1 aliphatic rings. The number of hydrazone groups is 1. The van der Waals surface area contributed by atoms with Crippen LogP contribution in [0.3, 0.4) is 0 Å². The van der Waals surface area contributed by atoms with Gasteiger partial charge in [-0.1, -0.05) is 12.1 Å².